The zero-order chi connectivity index (χ0) is 18.6. The molecule has 0 atom stereocenters. The monoisotopic (exact) mass is 356 g/mol. The number of oxazole rings is 1. The van der Waals surface area contributed by atoms with Crippen molar-refractivity contribution in [2.24, 2.45) is 0 Å². The van der Waals surface area contributed by atoms with Crippen LogP contribution in [0.15, 0.2) is 34.7 Å². The molecule has 0 spiro atoms. The van der Waals surface area contributed by atoms with Crippen molar-refractivity contribution in [1.82, 2.24) is 10.3 Å². The van der Waals surface area contributed by atoms with Gasteiger partial charge in [-0.2, -0.15) is 0 Å². The van der Waals surface area contributed by atoms with Crippen molar-refractivity contribution < 1.29 is 19.1 Å². The third-order valence-corrected chi connectivity index (χ3v) is 4.90. The van der Waals surface area contributed by atoms with Crippen LogP contribution >= 0.6 is 0 Å². The molecule has 26 heavy (non-hydrogen) atoms. The van der Waals surface area contributed by atoms with Gasteiger partial charge in [0, 0.05) is 18.4 Å². The zero-order valence-electron chi connectivity index (χ0n) is 15.0. The van der Waals surface area contributed by atoms with Crippen molar-refractivity contribution in [3.05, 3.63) is 41.9 Å². The lowest BCUT2D eigenvalue weighted by Crippen LogP contribution is -2.47. The Balaban J connectivity index is 1.60. The summed E-state index contributed by atoms with van der Waals surface area (Å²) in [5, 5.41) is 12.1. The second-order valence-electron chi connectivity index (χ2n) is 6.99. The first kappa shape index (κ1) is 18.2. The molecule has 0 aliphatic heterocycles. The van der Waals surface area contributed by atoms with Gasteiger partial charge in [0.05, 0.1) is 17.7 Å². The van der Waals surface area contributed by atoms with Crippen LogP contribution in [0.4, 0.5) is 0 Å². The molecule has 1 amide bonds. The maximum absolute atomic E-state index is 12.3. The maximum atomic E-state index is 12.3. The van der Waals surface area contributed by atoms with Gasteiger partial charge in [-0.25, -0.2) is 4.98 Å². The molecule has 0 radical (unpaired) electrons. The van der Waals surface area contributed by atoms with Gasteiger partial charge in [-0.3, -0.25) is 9.59 Å². The highest BCUT2D eigenvalue weighted by Crippen LogP contribution is 2.33. The molecule has 2 aromatic rings. The van der Waals surface area contributed by atoms with Gasteiger partial charge in [-0.15, -0.1) is 0 Å². The van der Waals surface area contributed by atoms with E-state index < -0.39 is 11.5 Å². The fraction of sp³-hybridized carbons (Fsp3) is 0.450. The van der Waals surface area contributed by atoms with Crippen molar-refractivity contribution in [3.63, 3.8) is 0 Å². The number of rotatable bonds is 7. The van der Waals surface area contributed by atoms with Gasteiger partial charge in [-0.1, -0.05) is 43.2 Å². The number of nitrogens with one attached hydrogen (secondary N) is 1. The minimum absolute atomic E-state index is 0.0188. The van der Waals surface area contributed by atoms with Crippen LogP contribution in [0.2, 0.25) is 0 Å². The Bertz CT molecular complexity index is 776. The first-order chi connectivity index (χ1) is 12.5. The van der Waals surface area contributed by atoms with Gasteiger partial charge in [-0.05, 0) is 19.8 Å². The van der Waals surface area contributed by atoms with E-state index in [2.05, 4.69) is 10.3 Å². The summed E-state index contributed by atoms with van der Waals surface area (Å²) in [5.74, 6) is 0.225. The van der Waals surface area contributed by atoms with Crippen LogP contribution in [0, 0.1) is 6.92 Å². The first-order valence-electron chi connectivity index (χ1n) is 9.02. The number of aromatic nitrogens is 1. The molecule has 0 unspecified atom stereocenters. The van der Waals surface area contributed by atoms with E-state index in [1.165, 1.54) is 0 Å². The molecule has 138 valence electrons. The topological polar surface area (TPSA) is 92.4 Å². The summed E-state index contributed by atoms with van der Waals surface area (Å²) in [7, 11) is 0. The van der Waals surface area contributed by atoms with Crippen molar-refractivity contribution in [2.75, 3.05) is 0 Å². The number of aryl methyl sites for hydroxylation is 2. The fourth-order valence-corrected chi connectivity index (χ4v) is 3.68. The lowest BCUT2D eigenvalue weighted by molar-refractivity contribution is -0.139. The van der Waals surface area contributed by atoms with E-state index in [-0.39, 0.29) is 18.7 Å². The normalized spacial score (nSPS) is 15.7. The van der Waals surface area contributed by atoms with E-state index in [4.69, 9.17) is 9.52 Å². The molecule has 1 fully saturated rings. The van der Waals surface area contributed by atoms with Crippen LogP contribution in [-0.2, 0) is 16.0 Å². The average molecular weight is 356 g/mol. The second-order valence-corrected chi connectivity index (χ2v) is 6.99. The van der Waals surface area contributed by atoms with E-state index in [9.17, 15) is 9.59 Å². The third-order valence-electron chi connectivity index (χ3n) is 4.90. The van der Waals surface area contributed by atoms with Crippen molar-refractivity contribution in [2.45, 2.75) is 57.4 Å². The summed E-state index contributed by atoms with van der Waals surface area (Å²) in [4.78, 5) is 27.9. The molecule has 0 saturated heterocycles. The number of benzene rings is 1. The summed E-state index contributed by atoms with van der Waals surface area (Å²) in [6.07, 6.45) is 3.95. The van der Waals surface area contributed by atoms with Crippen molar-refractivity contribution in [3.8, 4) is 11.3 Å². The van der Waals surface area contributed by atoms with Gasteiger partial charge in [0.1, 0.15) is 0 Å². The number of carbonyl (C=O) groups excluding carboxylic acids is 1. The van der Waals surface area contributed by atoms with E-state index in [0.717, 1.165) is 42.7 Å². The van der Waals surface area contributed by atoms with Gasteiger partial charge in [0.2, 0.25) is 5.91 Å². The highest BCUT2D eigenvalue weighted by atomic mass is 16.4. The van der Waals surface area contributed by atoms with Crippen LogP contribution in [0.3, 0.4) is 0 Å². The summed E-state index contributed by atoms with van der Waals surface area (Å²) in [6.45, 7) is 1.88. The fourth-order valence-electron chi connectivity index (χ4n) is 3.68. The molecule has 1 aromatic heterocycles. The quantitative estimate of drug-likeness (QED) is 0.792. The number of amides is 1. The standard InChI is InChI=1S/C20H24N2O4/c1-14-19(15-7-3-2-4-8-15)26-17(21-14)10-9-16(23)22-20(13-18(24)25)11-5-6-12-20/h2-4,7-8H,5-6,9-13H2,1H3,(H,22,23)(H,24,25). The Morgan fingerprint density at radius 3 is 2.58 bits per heavy atom. The largest absolute Gasteiger partial charge is 0.481 e. The van der Waals surface area contributed by atoms with E-state index in [0.29, 0.717) is 12.3 Å². The Hall–Kier alpha value is -2.63. The van der Waals surface area contributed by atoms with Crippen LogP contribution in [0.25, 0.3) is 11.3 Å². The zero-order valence-corrected chi connectivity index (χ0v) is 15.0. The number of nitrogens with zero attached hydrogens (tertiary/aromatic N) is 1. The Labute approximate surface area is 152 Å². The maximum Gasteiger partial charge on any atom is 0.305 e. The highest BCUT2D eigenvalue weighted by molar-refractivity contribution is 5.78. The number of carboxylic acid groups (broad SMARTS) is 1. The number of hydrogen-bond acceptors (Lipinski definition) is 4. The molecule has 1 heterocycles. The Morgan fingerprint density at radius 2 is 1.92 bits per heavy atom. The molecule has 2 N–H and O–H groups in total. The molecule has 1 aliphatic rings. The first-order valence-corrected chi connectivity index (χ1v) is 9.02. The van der Waals surface area contributed by atoms with Crippen LogP contribution in [-0.4, -0.2) is 27.5 Å². The van der Waals surface area contributed by atoms with E-state index in [1.807, 2.05) is 37.3 Å². The smallest absolute Gasteiger partial charge is 0.305 e. The second kappa shape index (κ2) is 7.72. The number of hydrogen-bond donors (Lipinski definition) is 2. The minimum Gasteiger partial charge on any atom is -0.481 e. The summed E-state index contributed by atoms with van der Waals surface area (Å²) in [5.41, 5.74) is 1.16. The molecular weight excluding hydrogens is 332 g/mol. The molecule has 1 saturated carbocycles. The van der Waals surface area contributed by atoms with Gasteiger partial charge in [0.25, 0.3) is 0 Å². The lowest BCUT2D eigenvalue weighted by Gasteiger charge is -2.28. The van der Waals surface area contributed by atoms with Gasteiger partial charge in [0.15, 0.2) is 11.7 Å². The van der Waals surface area contributed by atoms with Crippen molar-refractivity contribution in [1.29, 1.82) is 0 Å². The molecule has 1 aliphatic carbocycles. The van der Waals surface area contributed by atoms with Crippen LogP contribution in [0.5, 0.6) is 0 Å². The SMILES string of the molecule is Cc1nc(CCC(=O)NC2(CC(=O)O)CCCC2)oc1-c1ccccc1. The number of carbonyl (C=O) groups is 2. The summed E-state index contributed by atoms with van der Waals surface area (Å²) in [6, 6.07) is 9.73. The Morgan fingerprint density at radius 1 is 1.23 bits per heavy atom. The average Bonchev–Trinajstić information content (AvgIpc) is 3.20. The molecule has 6 nitrogen and oxygen atoms in total. The molecular formula is C20H24N2O4. The number of aliphatic carboxylic acids is 1. The van der Waals surface area contributed by atoms with Gasteiger partial charge < -0.3 is 14.8 Å². The molecule has 3 rings (SSSR count). The molecule has 1 aromatic carbocycles. The Kier molecular flexibility index (Phi) is 5.40. The predicted octanol–water partition coefficient (Wildman–Crippen LogP) is 3.49. The summed E-state index contributed by atoms with van der Waals surface area (Å²) >= 11 is 0. The highest BCUT2D eigenvalue weighted by Gasteiger charge is 2.37. The predicted molar refractivity (Wildman–Crippen MR) is 96.6 cm³/mol. The molecule has 6 heteroatoms. The number of carboxylic acids is 1. The van der Waals surface area contributed by atoms with Crippen LogP contribution < -0.4 is 5.32 Å². The summed E-state index contributed by atoms with van der Waals surface area (Å²) < 4.78 is 5.83. The van der Waals surface area contributed by atoms with E-state index >= 15 is 0 Å². The third kappa shape index (κ3) is 4.31. The van der Waals surface area contributed by atoms with E-state index in [1.54, 1.807) is 0 Å². The van der Waals surface area contributed by atoms with Crippen molar-refractivity contribution >= 4 is 11.9 Å². The molecule has 0 bridgehead atoms. The lowest BCUT2D eigenvalue weighted by atomic mass is 9.93. The van der Waals surface area contributed by atoms with Gasteiger partial charge >= 0.3 is 5.97 Å². The van der Waals surface area contributed by atoms with Crippen LogP contribution in [0.1, 0.15) is 50.1 Å². The minimum atomic E-state index is -0.872.